The third-order valence-corrected chi connectivity index (χ3v) is 9.00. The van der Waals surface area contributed by atoms with Gasteiger partial charge in [0.2, 0.25) is 0 Å². The monoisotopic (exact) mass is 474 g/mol. The zero-order chi connectivity index (χ0) is 23.1. The molecule has 1 saturated carbocycles. The summed E-state index contributed by atoms with van der Waals surface area (Å²) in [4.78, 5) is 11.5. The molecule has 34 heavy (non-hydrogen) atoms. The molecule has 6 heteroatoms. The van der Waals surface area contributed by atoms with Gasteiger partial charge in [0.15, 0.2) is 0 Å². The molecule has 2 fully saturated rings. The van der Waals surface area contributed by atoms with E-state index in [1.807, 2.05) is 42.1 Å². The Bertz CT molecular complexity index is 1190. The Morgan fingerprint density at radius 1 is 1.06 bits per heavy atom. The number of hydrogen-bond donors (Lipinski definition) is 2. The van der Waals surface area contributed by atoms with Crippen LogP contribution in [0.25, 0.3) is 10.9 Å². The zero-order valence-corrected chi connectivity index (χ0v) is 20.7. The average Bonchev–Trinajstić information content (AvgIpc) is 3.65. The van der Waals surface area contributed by atoms with E-state index in [1.54, 1.807) is 0 Å². The number of nitrogens with two attached hydrogens (primary N) is 1. The van der Waals surface area contributed by atoms with Crippen molar-refractivity contribution in [3.8, 4) is 11.5 Å². The van der Waals surface area contributed by atoms with E-state index in [9.17, 15) is 0 Å². The average molecular weight is 475 g/mol. The summed E-state index contributed by atoms with van der Waals surface area (Å²) in [7, 11) is 0. The van der Waals surface area contributed by atoms with Gasteiger partial charge in [-0.05, 0) is 81.6 Å². The Labute approximate surface area is 206 Å². The number of benzene rings is 2. The van der Waals surface area contributed by atoms with E-state index in [1.165, 1.54) is 44.3 Å². The van der Waals surface area contributed by atoms with Crippen LogP contribution in [0.1, 0.15) is 56.7 Å². The van der Waals surface area contributed by atoms with E-state index in [0.717, 1.165) is 51.7 Å². The molecule has 0 unspecified atom stereocenters. The number of H-pyrrole nitrogens is 1. The first-order valence-electron chi connectivity index (χ1n) is 12.7. The summed E-state index contributed by atoms with van der Waals surface area (Å²) < 4.78 is 6.26. The highest BCUT2D eigenvalue weighted by molar-refractivity contribution is 8.14. The van der Waals surface area contributed by atoms with Crippen LogP contribution in [0.5, 0.6) is 11.5 Å². The third kappa shape index (κ3) is 4.16. The van der Waals surface area contributed by atoms with Gasteiger partial charge in [0.05, 0.1) is 17.3 Å². The number of rotatable bonds is 6. The molecule has 1 aromatic heterocycles. The Hall–Kier alpha value is -2.28. The van der Waals surface area contributed by atoms with Crippen molar-refractivity contribution in [2.75, 3.05) is 18.8 Å². The van der Waals surface area contributed by atoms with E-state index >= 15 is 0 Å². The molecular weight excluding hydrogens is 440 g/mol. The van der Waals surface area contributed by atoms with Crippen molar-refractivity contribution < 1.29 is 4.74 Å². The fraction of sp³-hybridized carbons (Fsp3) is 0.464. The van der Waals surface area contributed by atoms with Crippen LogP contribution in [0.4, 0.5) is 0 Å². The van der Waals surface area contributed by atoms with Crippen molar-refractivity contribution in [3.05, 3.63) is 59.8 Å². The largest absolute Gasteiger partial charge is 0.457 e. The number of fused-ring (bicyclic) bond motifs is 1. The number of para-hydroxylation sites is 1. The SMILES string of the molecule is C[C@H]([C@@H]1CSC(c2cc3cc(Oc4ccccc4)cc(C4(N)CCCC4)c3[nH]2)=N1)N1CCCC1. The molecular formula is C28H34N4OS. The highest BCUT2D eigenvalue weighted by Crippen LogP contribution is 2.42. The van der Waals surface area contributed by atoms with Crippen molar-refractivity contribution >= 4 is 27.7 Å². The zero-order valence-electron chi connectivity index (χ0n) is 19.9. The number of nitrogens with one attached hydrogen (secondary N) is 1. The van der Waals surface area contributed by atoms with Gasteiger partial charge in [-0.1, -0.05) is 31.0 Å². The molecule has 5 nitrogen and oxygen atoms in total. The molecule has 0 radical (unpaired) electrons. The van der Waals surface area contributed by atoms with E-state index in [4.69, 9.17) is 15.5 Å². The predicted octanol–water partition coefficient (Wildman–Crippen LogP) is 6.03. The molecule has 3 aliphatic rings. The van der Waals surface area contributed by atoms with E-state index in [-0.39, 0.29) is 5.54 Å². The fourth-order valence-electron chi connectivity index (χ4n) is 5.86. The van der Waals surface area contributed by atoms with E-state index < -0.39 is 0 Å². The second-order valence-corrected chi connectivity index (χ2v) is 11.2. The molecule has 2 aromatic carbocycles. The van der Waals surface area contributed by atoms with Crippen molar-refractivity contribution in [1.82, 2.24) is 9.88 Å². The van der Waals surface area contributed by atoms with Crippen LogP contribution in [0.15, 0.2) is 53.5 Å². The Kier molecular flexibility index (Phi) is 5.92. The van der Waals surface area contributed by atoms with Crippen LogP contribution < -0.4 is 10.5 Å². The van der Waals surface area contributed by atoms with Gasteiger partial charge in [-0.2, -0.15) is 0 Å². The maximum Gasteiger partial charge on any atom is 0.128 e. The molecule has 178 valence electrons. The van der Waals surface area contributed by atoms with Gasteiger partial charge in [-0.25, -0.2) is 0 Å². The van der Waals surface area contributed by atoms with Gasteiger partial charge in [-0.15, -0.1) is 11.8 Å². The topological polar surface area (TPSA) is 66.6 Å². The molecule has 2 aliphatic heterocycles. The lowest BCUT2D eigenvalue weighted by atomic mass is 9.88. The van der Waals surface area contributed by atoms with Crippen molar-refractivity contribution in [3.63, 3.8) is 0 Å². The summed E-state index contributed by atoms with van der Waals surface area (Å²) in [6, 6.07) is 17.4. The quantitative estimate of drug-likeness (QED) is 0.457. The highest BCUT2D eigenvalue weighted by atomic mass is 32.2. The van der Waals surface area contributed by atoms with Crippen molar-refractivity contribution in [1.29, 1.82) is 0 Å². The molecule has 3 N–H and O–H groups in total. The molecule has 1 aliphatic carbocycles. The molecule has 1 saturated heterocycles. The van der Waals surface area contributed by atoms with Crippen LogP contribution in [-0.2, 0) is 5.54 Å². The van der Waals surface area contributed by atoms with Gasteiger partial charge in [0.25, 0.3) is 0 Å². The van der Waals surface area contributed by atoms with Crippen LogP contribution in [0, 0.1) is 0 Å². The molecule has 0 spiro atoms. The molecule has 0 bridgehead atoms. The standard InChI is InChI=1S/C28H34N4OS/c1-19(32-13-7-8-14-32)25-18-34-27(31-25)24-16-20-15-22(33-21-9-3-2-4-10-21)17-23(26(20)30-24)28(29)11-5-6-12-28/h2-4,9-10,15-17,19,25,30H,5-8,11-14,18,29H2,1H3/t19-,25+/m1/s1. The summed E-state index contributed by atoms with van der Waals surface area (Å²) >= 11 is 1.88. The van der Waals surface area contributed by atoms with Gasteiger partial charge >= 0.3 is 0 Å². The summed E-state index contributed by atoms with van der Waals surface area (Å²) in [6.07, 6.45) is 7.01. The van der Waals surface area contributed by atoms with Crippen LogP contribution >= 0.6 is 11.8 Å². The number of aliphatic imine (C=N–C) groups is 1. The lowest BCUT2D eigenvalue weighted by Crippen LogP contribution is -2.39. The van der Waals surface area contributed by atoms with Gasteiger partial charge in [-0.3, -0.25) is 9.89 Å². The highest BCUT2D eigenvalue weighted by Gasteiger charge is 2.35. The van der Waals surface area contributed by atoms with Crippen molar-refractivity contribution in [2.45, 2.75) is 63.1 Å². The van der Waals surface area contributed by atoms with E-state index in [0.29, 0.717) is 12.1 Å². The molecule has 3 heterocycles. The maximum absolute atomic E-state index is 6.99. The smallest absolute Gasteiger partial charge is 0.128 e. The minimum Gasteiger partial charge on any atom is -0.457 e. The predicted molar refractivity (Wildman–Crippen MR) is 142 cm³/mol. The summed E-state index contributed by atoms with van der Waals surface area (Å²) in [5.74, 6) is 2.74. The summed E-state index contributed by atoms with van der Waals surface area (Å²) in [6.45, 7) is 4.77. The number of hydrogen-bond acceptors (Lipinski definition) is 5. The van der Waals surface area contributed by atoms with Crippen LogP contribution in [-0.4, -0.2) is 45.9 Å². The van der Waals surface area contributed by atoms with Crippen LogP contribution in [0.3, 0.4) is 0 Å². The van der Waals surface area contributed by atoms with Gasteiger partial charge < -0.3 is 15.5 Å². The number of ether oxygens (including phenoxy) is 1. The second-order valence-electron chi connectivity index (χ2n) is 10.2. The maximum atomic E-state index is 6.99. The first-order valence-corrected chi connectivity index (χ1v) is 13.7. The van der Waals surface area contributed by atoms with Gasteiger partial charge in [0.1, 0.15) is 16.5 Å². The lowest BCUT2D eigenvalue weighted by Gasteiger charge is -2.26. The first kappa shape index (κ1) is 22.2. The van der Waals surface area contributed by atoms with Crippen molar-refractivity contribution in [2.24, 2.45) is 10.7 Å². The number of aromatic nitrogens is 1. The number of aromatic amines is 1. The Balaban J connectivity index is 1.36. The summed E-state index contributed by atoms with van der Waals surface area (Å²) in [5, 5.41) is 2.27. The lowest BCUT2D eigenvalue weighted by molar-refractivity contribution is 0.237. The third-order valence-electron chi connectivity index (χ3n) is 7.89. The van der Waals surface area contributed by atoms with Gasteiger partial charge in [0, 0.05) is 22.7 Å². The fourth-order valence-corrected chi connectivity index (χ4v) is 7.02. The number of nitrogens with zero attached hydrogens (tertiary/aromatic N) is 2. The molecule has 2 atom stereocenters. The Morgan fingerprint density at radius 3 is 2.59 bits per heavy atom. The number of likely N-dealkylation sites (tertiary alicyclic amines) is 1. The Morgan fingerprint density at radius 2 is 1.82 bits per heavy atom. The second kappa shape index (κ2) is 9.06. The number of thioether (sulfide) groups is 1. The molecule has 0 amide bonds. The molecule has 3 aromatic rings. The minimum atomic E-state index is -0.312. The normalized spacial score (nSPS) is 23.5. The van der Waals surface area contributed by atoms with Crippen LogP contribution in [0.2, 0.25) is 0 Å². The van der Waals surface area contributed by atoms with E-state index in [2.05, 4.69) is 35.0 Å². The minimum absolute atomic E-state index is 0.312. The molecule has 6 rings (SSSR count). The summed E-state index contributed by atoms with van der Waals surface area (Å²) in [5.41, 5.74) is 10.1. The first-order chi connectivity index (χ1) is 16.6.